The Balaban J connectivity index is 1.43. The molecule has 1 aliphatic carbocycles. The normalized spacial score (nSPS) is 17.5. The molecule has 0 saturated carbocycles. The summed E-state index contributed by atoms with van der Waals surface area (Å²) in [6.07, 6.45) is 10.8. The lowest BCUT2D eigenvalue weighted by Crippen LogP contribution is -2.35. The largest absolute Gasteiger partial charge is 0.497 e. The third-order valence-electron chi connectivity index (χ3n) is 10.0. The third-order valence-corrected chi connectivity index (χ3v) is 10.4. The highest BCUT2D eigenvalue weighted by molar-refractivity contribution is 7.27. The Morgan fingerprint density at radius 2 is 1.53 bits per heavy atom. The van der Waals surface area contributed by atoms with E-state index in [-0.39, 0.29) is 5.41 Å². The van der Waals surface area contributed by atoms with E-state index in [1.165, 1.54) is 75.3 Å². The predicted molar refractivity (Wildman–Crippen MR) is 193 cm³/mol. The van der Waals surface area contributed by atoms with Crippen LogP contribution in [0.3, 0.4) is 0 Å². The maximum atomic E-state index is 7.50. The second kappa shape index (κ2) is 11.5. The smallest absolute Gasteiger partial charge is 0.178 e. The minimum absolute atomic E-state index is 0.173. The van der Waals surface area contributed by atoms with Gasteiger partial charge in [-0.1, -0.05) is 118 Å². The van der Waals surface area contributed by atoms with Crippen molar-refractivity contribution in [1.82, 2.24) is 0 Å². The zero-order valence-corrected chi connectivity index (χ0v) is 28.3. The van der Waals surface area contributed by atoms with Gasteiger partial charge < -0.3 is 9.47 Å². The van der Waals surface area contributed by atoms with Crippen LogP contribution in [0.15, 0.2) is 91.0 Å². The molecule has 1 aliphatic heterocycles. The van der Waals surface area contributed by atoms with Gasteiger partial charge in [0.1, 0.15) is 11.5 Å². The van der Waals surface area contributed by atoms with E-state index in [1.54, 1.807) is 7.11 Å². The van der Waals surface area contributed by atoms with Crippen LogP contribution in [0.2, 0.25) is 0 Å². The van der Waals surface area contributed by atoms with Crippen LogP contribution in [-0.2, 0) is 17.4 Å². The molecule has 5 aromatic rings. The van der Waals surface area contributed by atoms with Gasteiger partial charge in [0.05, 0.1) is 7.11 Å². The van der Waals surface area contributed by atoms with Gasteiger partial charge in [-0.05, 0) is 82.5 Å². The number of hydrogen-bond acceptors (Lipinski definition) is 2. The number of unbranched alkanes of at least 4 members (excludes halogenated alkanes) is 3. The first kappa shape index (κ1) is 29.8. The van der Waals surface area contributed by atoms with Crippen LogP contribution in [0.4, 0.5) is 0 Å². The Morgan fingerprint density at radius 1 is 0.800 bits per heavy atom. The van der Waals surface area contributed by atoms with Crippen LogP contribution in [-0.4, -0.2) is 7.11 Å². The molecule has 0 N–H and O–H groups in total. The molecule has 5 aromatic carbocycles. The summed E-state index contributed by atoms with van der Waals surface area (Å²) in [4.78, 5) is 0. The highest BCUT2D eigenvalue weighted by Crippen LogP contribution is 2.58. The molecule has 0 amide bonds. The molecule has 228 valence electrons. The molecule has 7 rings (SSSR count). The van der Waals surface area contributed by atoms with Gasteiger partial charge in [0.2, 0.25) is 0 Å². The Bertz CT molecular complexity index is 1930. The van der Waals surface area contributed by atoms with E-state index in [0.717, 1.165) is 34.4 Å². The minimum atomic E-state index is -0.784. The van der Waals surface area contributed by atoms with Crippen molar-refractivity contribution in [3.63, 3.8) is 0 Å². The molecule has 1 heterocycles. The van der Waals surface area contributed by atoms with Crippen LogP contribution in [0.25, 0.3) is 28.0 Å². The van der Waals surface area contributed by atoms with Crippen molar-refractivity contribution in [2.45, 2.75) is 70.8 Å². The zero-order valence-electron chi connectivity index (χ0n) is 27.2. The van der Waals surface area contributed by atoms with E-state index in [2.05, 4.69) is 122 Å². The number of rotatable bonds is 8. The quantitative estimate of drug-likeness (QED) is 0.129. The summed E-state index contributed by atoms with van der Waals surface area (Å²) in [5, 5.41) is 3.62. The summed E-state index contributed by atoms with van der Waals surface area (Å²) in [6.45, 7) is 9.16. The highest BCUT2D eigenvalue weighted by Gasteiger charge is 2.44. The first-order valence-corrected chi connectivity index (χ1v) is 17.0. The van der Waals surface area contributed by atoms with Gasteiger partial charge in [-0.2, -0.15) is 0 Å². The lowest BCUT2D eigenvalue weighted by molar-refractivity contribution is 0.163. The van der Waals surface area contributed by atoms with E-state index >= 15 is 0 Å². The van der Waals surface area contributed by atoms with Crippen LogP contribution in [0.5, 0.6) is 11.5 Å². The topological polar surface area (TPSA) is 18.5 Å². The number of methoxy groups -OCH3 is 1. The van der Waals surface area contributed by atoms with Crippen molar-refractivity contribution in [3.05, 3.63) is 130 Å². The summed E-state index contributed by atoms with van der Waals surface area (Å²) in [6, 6.07) is 31.2. The fraction of sp³-hybridized carbons (Fsp3) is 0.286. The number of aryl methyl sites for hydroxylation is 2. The average molecular weight is 611 g/mol. The zero-order chi connectivity index (χ0) is 31.3. The van der Waals surface area contributed by atoms with Gasteiger partial charge in [0.25, 0.3) is 0 Å². The summed E-state index contributed by atoms with van der Waals surface area (Å²) in [7, 11) is 4.60. The van der Waals surface area contributed by atoms with Crippen molar-refractivity contribution in [3.8, 4) is 22.6 Å². The van der Waals surface area contributed by atoms with Crippen molar-refractivity contribution in [2.24, 2.45) is 0 Å². The van der Waals surface area contributed by atoms with Crippen LogP contribution in [0.1, 0.15) is 85.4 Å². The molecule has 0 fully saturated rings. The fourth-order valence-corrected chi connectivity index (χ4v) is 7.87. The minimum Gasteiger partial charge on any atom is -0.497 e. The molecule has 2 atom stereocenters. The SMILES string of the molecule is CCCCCCc1ccc(C2(c3ccc(OC)cc3)C=Cc3c4c(c5ccc(C)cc5c3O2)-c2ccc(P)cc2C4(C)C)cc1. The molecule has 2 unspecified atom stereocenters. The maximum Gasteiger partial charge on any atom is 0.178 e. The number of benzene rings is 5. The van der Waals surface area contributed by atoms with Gasteiger partial charge in [0, 0.05) is 27.5 Å². The molecule has 0 bridgehead atoms. The molecule has 2 nitrogen and oxygen atoms in total. The predicted octanol–water partition coefficient (Wildman–Crippen LogP) is 10.4. The summed E-state index contributed by atoms with van der Waals surface area (Å²) in [5.74, 6) is 1.80. The molecular weight excluding hydrogens is 567 g/mol. The van der Waals surface area contributed by atoms with E-state index in [0.29, 0.717) is 0 Å². The number of fused-ring (bicyclic) bond motifs is 8. The molecule has 3 heteroatoms. The fourth-order valence-electron chi connectivity index (χ4n) is 7.61. The molecule has 0 aromatic heterocycles. The molecule has 0 saturated heterocycles. The Labute approximate surface area is 270 Å². The maximum absolute atomic E-state index is 7.50. The first-order chi connectivity index (χ1) is 21.8. The van der Waals surface area contributed by atoms with E-state index < -0.39 is 5.60 Å². The third kappa shape index (κ3) is 4.90. The summed E-state index contributed by atoms with van der Waals surface area (Å²) >= 11 is 0. The van der Waals surface area contributed by atoms with Crippen molar-refractivity contribution >= 4 is 31.4 Å². The monoisotopic (exact) mass is 610 g/mol. The Kier molecular flexibility index (Phi) is 7.61. The average Bonchev–Trinajstić information content (AvgIpc) is 3.29. The van der Waals surface area contributed by atoms with E-state index in [4.69, 9.17) is 9.47 Å². The second-order valence-electron chi connectivity index (χ2n) is 13.4. The first-order valence-electron chi connectivity index (χ1n) is 16.4. The summed E-state index contributed by atoms with van der Waals surface area (Å²) < 4.78 is 13.0. The van der Waals surface area contributed by atoms with Crippen LogP contribution in [0, 0.1) is 6.92 Å². The molecular formula is C42H43O2P. The number of ether oxygens (including phenoxy) is 2. The molecule has 45 heavy (non-hydrogen) atoms. The second-order valence-corrected chi connectivity index (χ2v) is 14.0. The van der Waals surface area contributed by atoms with Gasteiger partial charge in [-0.3, -0.25) is 0 Å². The number of hydrogen-bond donors (Lipinski definition) is 0. The van der Waals surface area contributed by atoms with Crippen molar-refractivity contribution in [1.29, 1.82) is 0 Å². The van der Waals surface area contributed by atoms with Gasteiger partial charge in [-0.15, -0.1) is 9.24 Å². The van der Waals surface area contributed by atoms with Crippen molar-refractivity contribution < 1.29 is 9.47 Å². The Hall–Kier alpha value is -3.87. The standard InChI is InChI=1S/C42H43O2P/c1-6-7-8-9-10-28-12-14-29(15-13-28)42(30-16-18-31(43-5)19-17-30)24-23-35-39-38(33-21-11-27(2)25-36(33)40(35)44-42)34-22-20-32(45)26-37(34)41(39,3)4/h11-26H,6-10,45H2,1-5H3. The molecule has 2 aliphatic rings. The lowest BCUT2D eigenvalue weighted by Gasteiger charge is -2.38. The van der Waals surface area contributed by atoms with E-state index in [9.17, 15) is 0 Å². The van der Waals surface area contributed by atoms with Gasteiger partial charge >= 0.3 is 0 Å². The van der Waals surface area contributed by atoms with E-state index in [1.807, 2.05) is 12.1 Å². The summed E-state index contributed by atoms with van der Waals surface area (Å²) in [5.41, 5.74) is 10.4. The van der Waals surface area contributed by atoms with Crippen LogP contribution >= 0.6 is 9.24 Å². The van der Waals surface area contributed by atoms with Gasteiger partial charge in [-0.25, -0.2) is 0 Å². The van der Waals surface area contributed by atoms with Gasteiger partial charge in [0.15, 0.2) is 5.60 Å². The lowest BCUT2D eigenvalue weighted by atomic mass is 9.76. The molecule has 0 spiro atoms. The Morgan fingerprint density at radius 3 is 2.24 bits per heavy atom. The highest BCUT2D eigenvalue weighted by atomic mass is 31.0. The van der Waals surface area contributed by atoms with Crippen molar-refractivity contribution in [2.75, 3.05) is 7.11 Å². The van der Waals surface area contributed by atoms with Crippen LogP contribution < -0.4 is 14.8 Å². The molecule has 0 radical (unpaired) electrons.